The lowest BCUT2D eigenvalue weighted by molar-refractivity contribution is 0.189. The van der Waals surface area contributed by atoms with Crippen LogP contribution in [0.4, 0.5) is 10.1 Å². The van der Waals surface area contributed by atoms with Gasteiger partial charge < -0.3 is 10.1 Å². The smallest absolute Gasteiger partial charge is 0.252 e. The number of hydrogen-bond donors (Lipinski definition) is 1. The molecule has 2 heterocycles. The van der Waals surface area contributed by atoms with Crippen LogP contribution in [0.2, 0.25) is 0 Å². The summed E-state index contributed by atoms with van der Waals surface area (Å²) in [5.41, 5.74) is 1.43. The fourth-order valence-corrected chi connectivity index (χ4v) is 7.00. The molecule has 202 valence electrons. The molecule has 0 amide bonds. The first kappa shape index (κ1) is 28.0. The molecule has 0 bridgehead atoms. The lowest BCUT2D eigenvalue weighted by atomic mass is 9.88. The van der Waals surface area contributed by atoms with Gasteiger partial charge >= 0.3 is 0 Å². The number of nitrogens with zero attached hydrogens (tertiary/aromatic N) is 3. The number of nitrogens with one attached hydrogen (secondary N) is 1. The van der Waals surface area contributed by atoms with Crippen LogP contribution in [0.1, 0.15) is 32.3 Å². The molecule has 0 saturated carbocycles. The fraction of sp³-hybridized carbons (Fsp3) is 0.393. The van der Waals surface area contributed by atoms with Crippen molar-refractivity contribution >= 4 is 27.0 Å². The second-order valence-electron chi connectivity index (χ2n) is 10.0. The van der Waals surface area contributed by atoms with Crippen LogP contribution in [0.3, 0.4) is 0 Å². The lowest BCUT2D eigenvalue weighted by Crippen LogP contribution is -2.48. The molecule has 1 fully saturated rings. The molecule has 2 aromatic carbocycles. The Morgan fingerprint density at radius 1 is 1.16 bits per heavy atom. The monoisotopic (exact) mass is 556 g/mol. The predicted octanol–water partition coefficient (Wildman–Crippen LogP) is 5.56. The SMILES string of the molecule is CC(C)Oc1cccc(CN2CCC(C#N)(Nc3cc(F)ccc3-c3ccc(S(=O)(=O)N(C)C)s3)CC2)c1. The van der Waals surface area contributed by atoms with Gasteiger partial charge in [-0.05, 0) is 74.7 Å². The second kappa shape index (κ2) is 11.4. The topological polar surface area (TPSA) is 85.7 Å². The van der Waals surface area contributed by atoms with Crippen molar-refractivity contribution in [3.05, 3.63) is 66.0 Å². The zero-order chi connectivity index (χ0) is 27.5. The molecule has 1 N–H and O–H groups in total. The third-order valence-electron chi connectivity index (χ3n) is 6.54. The molecule has 1 aliphatic heterocycles. The Kier molecular flexibility index (Phi) is 8.43. The maximum atomic E-state index is 14.3. The van der Waals surface area contributed by atoms with E-state index in [1.165, 1.54) is 30.5 Å². The lowest BCUT2D eigenvalue weighted by Gasteiger charge is -2.38. The van der Waals surface area contributed by atoms with Crippen LogP contribution < -0.4 is 10.1 Å². The Labute approximate surface area is 228 Å². The van der Waals surface area contributed by atoms with Crippen LogP contribution in [0, 0.1) is 17.1 Å². The van der Waals surface area contributed by atoms with E-state index in [4.69, 9.17) is 4.74 Å². The molecule has 4 rings (SSSR count). The van der Waals surface area contributed by atoms with Gasteiger partial charge in [0.25, 0.3) is 10.0 Å². The highest BCUT2D eigenvalue weighted by Crippen LogP contribution is 2.39. The summed E-state index contributed by atoms with van der Waals surface area (Å²) in [6.45, 7) is 6.15. The number of anilines is 1. The van der Waals surface area contributed by atoms with Crippen LogP contribution in [0.25, 0.3) is 10.4 Å². The highest BCUT2D eigenvalue weighted by Gasteiger charge is 2.35. The minimum Gasteiger partial charge on any atom is -0.491 e. The molecule has 3 aromatic rings. The molecule has 38 heavy (non-hydrogen) atoms. The number of sulfonamides is 1. The third-order valence-corrected chi connectivity index (χ3v) is 9.94. The van der Waals surface area contributed by atoms with Gasteiger partial charge in [0.05, 0.1) is 12.2 Å². The largest absolute Gasteiger partial charge is 0.491 e. The first-order valence-electron chi connectivity index (χ1n) is 12.5. The van der Waals surface area contributed by atoms with Crippen molar-refractivity contribution in [3.63, 3.8) is 0 Å². The summed E-state index contributed by atoms with van der Waals surface area (Å²) >= 11 is 1.12. The third kappa shape index (κ3) is 6.35. The first-order chi connectivity index (χ1) is 18.0. The van der Waals surface area contributed by atoms with E-state index in [0.29, 0.717) is 42.1 Å². The quantitative estimate of drug-likeness (QED) is 0.371. The van der Waals surface area contributed by atoms with Gasteiger partial charge in [-0.15, -0.1) is 11.3 Å². The van der Waals surface area contributed by atoms with Crippen LogP contribution in [-0.4, -0.2) is 56.5 Å². The number of benzene rings is 2. The van der Waals surface area contributed by atoms with E-state index in [2.05, 4.69) is 28.4 Å². The normalized spacial score (nSPS) is 15.9. The molecule has 0 unspecified atom stereocenters. The van der Waals surface area contributed by atoms with Gasteiger partial charge in [-0.25, -0.2) is 17.1 Å². The minimum atomic E-state index is -3.58. The molecular weight excluding hydrogens is 523 g/mol. The van der Waals surface area contributed by atoms with E-state index in [1.54, 1.807) is 18.2 Å². The molecule has 7 nitrogen and oxygen atoms in total. The van der Waals surface area contributed by atoms with E-state index in [0.717, 1.165) is 29.2 Å². The fourth-order valence-electron chi connectivity index (χ4n) is 4.48. The number of piperidine rings is 1. The van der Waals surface area contributed by atoms with Crippen molar-refractivity contribution in [3.8, 4) is 22.3 Å². The summed E-state index contributed by atoms with van der Waals surface area (Å²) < 4.78 is 46.6. The summed E-state index contributed by atoms with van der Waals surface area (Å²) in [7, 11) is -0.608. The number of rotatable bonds is 9. The Morgan fingerprint density at radius 3 is 2.55 bits per heavy atom. The Bertz CT molecular complexity index is 1420. The summed E-state index contributed by atoms with van der Waals surface area (Å²) in [4.78, 5) is 2.98. The second-order valence-corrected chi connectivity index (χ2v) is 13.5. The van der Waals surface area contributed by atoms with Gasteiger partial charge in [0, 0.05) is 49.9 Å². The van der Waals surface area contributed by atoms with Gasteiger partial charge in [-0.1, -0.05) is 12.1 Å². The number of nitriles is 1. The minimum absolute atomic E-state index is 0.105. The molecule has 0 radical (unpaired) electrons. The van der Waals surface area contributed by atoms with E-state index >= 15 is 0 Å². The summed E-state index contributed by atoms with van der Waals surface area (Å²) in [5.74, 6) is 0.416. The Balaban J connectivity index is 1.50. The van der Waals surface area contributed by atoms with Crippen molar-refractivity contribution in [2.75, 3.05) is 32.5 Å². The van der Waals surface area contributed by atoms with Gasteiger partial charge in [0.1, 0.15) is 21.3 Å². The average molecular weight is 557 g/mol. The maximum absolute atomic E-state index is 14.3. The molecule has 10 heteroatoms. The number of thiophene rings is 1. The molecule has 0 atom stereocenters. The number of hydrogen-bond acceptors (Lipinski definition) is 7. The summed E-state index contributed by atoms with van der Waals surface area (Å²) in [6, 6.07) is 18.1. The standard InChI is InChI=1S/C28H33FN4O3S2/c1-20(2)36-23-7-5-6-21(16-23)18-33-14-12-28(19-30,13-15-33)31-25-17-22(29)8-9-24(25)26-10-11-27(37-26)38(34,35)32(3)4/h5-11,16-17,20,31H,12-15,18H2,1-4H3. The van der Waals surface area contributed by atoms with E-state index in [1.807, 2.05) is 26.0 Å². The van der Waals surface area contributed by atoms with Crippen LogP contribution in [-0.2, 0) is 16.6 Å². The van der Waals surface area contributed by atoms with Crippen molar-refractivity contribution in [2.45, 2.75) is 49.1 Å². The zero-order valence-corrected chi connectivity index (χ0v) is 23.7. The Hall–Kier alpha value is -2.97. The van der Waals surface area contributed by atoms with Crippen LogP contribution >= 0.6 is 11.3 Å². The maximum Gasteiger partial charge on any atom is 0.252 e. The predicted molar refractivity (Wildman–Crippen MR) is 149 cm³/mol. The highest BCUT2D eigenvalue weighted by atomic mass is 32.2. The number of ether oxygens (including phenoxy) is 1. The molecule has 0 spiro atoms. The molecular formula is C28H33FN4O3S2. The Morgan fingerprint density at radius 2 is 1.89 bits per heavy atom. The zero-order valence-electron chi connectivity index (χ0n) is 22.1. The summed E-state index contributed by atoms with van der Waals surface area (Å²) in [5, 5.41) is 13.5. The van der Waals surface area contributed by atoms with Gasteiger partial charge in [0.15, 0.2) is 0 Å². The summed E-state index contributed by atoms with van der Waals surface area (Å²) in [6.07, 6.45) is 1.23. The van der Waals surface area contributed by atoms with Crippen molar-refractivity contribution < 1.29 is 17.5 Å². The first-order valence-corrected chi connectivity index (χ1v) is 14.8. The van der Waals surface area contributed by atoms with Crippen molar-refractivity contribution in [2.24, 2.45) is 0 Å². The van der Waals surface area contributed by atoms with Gasteiger partial charge in [-0.2, -0.15) is 5.26 Å². The molecule has 1 aromatic heterocycles. The highest BCUT2D eigenvalue weighted by molar-refractivity contribution is 7.91. The van der Waals surface area contributed by atoms with Crippen molar-refractivity contribution in [1.82, 2.24) is 9.21 Å². The van der Waals surface area contributed by atoms with Crippen molar-refractivity contribution in [1.29, 1.82) is 5.26 Å². The number of halogens is 1. The van der Waals surface area contributed by atoms with Gasteiger partial charge in [0.2, 0.25) is 0 Å². The molecule has 1 saturated heterocycles. The van der Waals surface area contributed by atoms with E-state index in [-0.39, 0.29) is 10.3 Å². The molecule has 0 aliphatic carbocycles. The van der Waals surface area contributed by atoms with E-state index < -0.39 is 21.4 Å². The van der Waals surface area contributed by atoms with E-state index in [9.17, 15) is 18.1 Å². The van der Waals surface area contributed by atoms with Gasteiger partial charge in [-0.3, -0.25) is 4.90 Å². The molecule has 1 aliphatic rings. The number of likely N-dealkylation sites (tertiary alicyclic amines) is 1. The van der Waals surface area contributed by atoms with Crippen LogP contribution in [0.5, 0.6) is 5.75 Å². The average Bonchev–Trinajstić information content (AvgIpc) is 3.36. The van der Waals surface area contributed by atoms with Crippen LogP contribution in [0.15, 0.2) is 58.8 Å².